The van der Waals surface area contributed by atoms with Crippen molar-refractivity contribution in [1.29, 1.82) is 5.26 Å². The van der Waals surface area contributed by atoms with Crippen LogP contribution in [0.25, 0.3) is 5.52 Å². The van der Waals surface area contributed by atoms with Gasteiger partial charge in [0.15, 0.2) is 11.6 Å². The molecule has 2 saturated heterocycles. The Bertz CT molecular complexity index is 847. The number of nitrogens with two attached hydrogens (primary N) is 1. The van der Waals surface area contributed by atoms with Crippen LogP contribution in [-0.2, 0) is 19.8 Å². The van der Waals surface area contributed by atoms with Crippen molar-refractivity contribution >= 4 is 33.9 Å². The highest BCUT2D eigenvalue weighted by molar-refractivity contribution is 14.1. The van der Waals surface area contributed by atoms with Crippen LogP contribution in [0.1, 0.15) is 19.5 Å². The Morgan fingerprint density at radius 3 is 2.88 bits per heavy atom. The van der Waals surface area contributed by atoms with Gasteiger partial charge in [-0.05, 0) is 26.0 Å². The third-order valence-electron chi connectivity index (χ3n) is 4.41. The van der Waals surface area contributed by atoms with E-state index < -0.39 is 17.5 Å². The summed E-state index contributed by atoms with van der Waals surface area (Å²) in [6, 6.07) is 5.87. The van der Waals surface area contributed by atoms with Gasteiger partial charge in [0.05, 0.1) is 11.8 Å². The van der Waals surface area contributed by atoms with Gasteiger partial charge in [0, 0.05) is 4.43 Å². The van der Waals surface area contributed by atoms with Crippen molar-refractivity contribution < 1.29 is 14.2 Å². The first-order chi connectivity index (χ1) is 11.4. The summed E-state index contributed by atoms with van der Waals surface area (Å²) >= 11 is 2.23. The number of nitriles is 1. The Labute approximate surface area is 152 Å². The maximum atomic E-state index is 10.0. The van der Waals surface area contributed by atoms with Crippen LogP contribution in [0.5, 0.6) is 0 Å². The SMILES string of the molecule is CC1(C)O[C@H]2[C@@H](O1)[C@](C#N)(c1ccc3c(N)ncnn13)O[C@@H]2CI. The average molecular weight is 441 g/mol. The molecule has 0 bridgehead atoms. The molecule has 0 aromatic carbocycles. The predicted octanol–water partition coefficient (Wildman–Crippen LogP) is 1.38. The van der Waals surface area contributed by atoms with Crippen molar-refractivity contribution in [3.05, 3.63) is 24.2 Å². The van der Waals surface area contributed by atoms with E-state index in [-0.39, 0.29) is 12.2 Å². The zero-order valence-corrected chi connectivity index (χ0v) is 15.3. The molecule has 4 heterocycles. The fraction of sp³-hybridized carbons (Fsp3) is 0.533. The highest BCUT2D eigenvalue weighted by Crippen LogP contribution is 2.49. The lowest BCUT2D eigenvalue weighted by Gasteiger charge is -2.28. The fourth-order valence-corrected chi connectivity index (χ4v) is 4.14. The van der Waals surface area contributed by atoms with Gasteiger partial charge >= 0.3 is 0 Å². The number of ether oxygens (including phenoxy) is 3. The molecule has 2 aromatic rings. The van der Waals surface area contributed by atoms with Crippen molar-refractivity contribution in [1.82, 2.24) is 14.6 Å². The lowest BCUT2D eigenvalue weighted by Crippen LogP contribution is -2.40. The number of hydrogen-bond donors (Lipinski definition) is 1. The highest BCUT2D eigenvalue weighted by atomic mass is 127. The van der Waals surface area contributed by atoms with Crippen molar-refractivity contribution in [2.24, 2.45) is 0 Å². The van der Waals surface area contributed by atoms with Crippen LogP contribution >= 0.6 is 22.6 Å². The Kier molecular flexibility index (Phi) is 3.51. The van der Waals surface area contributed by atoms with Gasteiger partial charge in [-0.15, -0.1) is 0 Å². The number of rotatable bonds is 2. The third kappa shape index (κ3) is 2.07. The van der Waals surface area contributed by atoms with Crippen LogP contribution < -0.4 is 5.73 Å². The smallest absolute Gasteiger partial charge is 0.225 e. The van der Waals surface area contributed by atoms with E-state index in [9.17, 15) is 5.26 Å². The molecule has 0 amide bonds. The summed E-state index contributed by atoms with van der Waals surface area (Å²) in [6.45, 7) is 3.68. The molecule has 0 radical (unpaired) electrons. The van der Waals surface area contributed by atoms with Crippen LogP contribution in [0.3, 0.4) is 0 Å². The van der Waals surface area contributed by atoms with Gasteiger partial charge in [-0.2, -0.15) is 10.4 Å². The second-order valence-corrected chi connectivity index (χ2v) is 7.22. The monoisotopic (exact) mass is 441 g/mol. The molecule has 2 N–H and O–H groups in total. The van der Waals surface area contributed by atoms with Gasteiger partial charge in [0.25, 0.3) is 0 Å². The molecule has 0 saturated carbocycles. The molecule has 0 unspecified atom stereocenters. The minimum Gasteiger partial charge on any atom is -0.382 e. The summed E-state index contributed by atoms with van der Waals surface area (Å²) in [7, 11) is 0. The zero-order valence-electron chi connectivity index (χ0n) is 13.1. The van der Waals surface area contributed by atoms with E-state index in [4.69, 9.17) is 19.9 Å². The highest BCUT2D eigenvalue weighted by Gasteiger charge is 2.65. The molecule has 4 atom stereocenters. The van der Waals surface area contributed by atoms with Gasteiger partial charge in [-0.25, -0.2) is 9.50 Å². The van der Waals surface area contributed by atoms with Gasteiger partial charge in [0.1, 0.15) is 30.1 Å². The minimum absolute atomic E-state index is 0.248. The molecule has 0 aliphatic carbocycles. The van der Waals surface area contributed by atoms with Gasteiger partial charge < -0.3 is 19.9 Å². The number of nitrogens with zero attached hydrogens (tertiary/aromatic N) is 4. The summed E-state index contributed by atoms with van der Waals surface area (Å²) in [4.78, 5) is 3.98. The van der Waals surface area contributed by atoms with Crippen LogP contribution in [0.4, 0.5) is 5.82 Å². The Hall–Kier alpha value is -1.48. The normalized spacial score (nSPS) is 34.3. The predicted molar refractivity (Wildman–Crippen MR) is 92.3 cm³/mol. The van der Waals surface area contributed by atoms with Crippen LogP contribution in [0.15, 0.2) is 18.5 Å². The molecular formula is C15H16IN5O3. The summed E-state index contributed by atoms with van der Waals surface area (Å²) < 4.78 is 20.5. The number of nitrogen functional groups attached to an aromatic ring is 1. The van der Waals surface area contributed by atoms with E-state index in [0.29, 0.717) is 21.5 Å². The number of aromatic nitrogens is 3. The van der Waals surface area contributed by atoms with E-state index >= 15 is 0 Å². The molecule has 2 aliphatic heterocycles. The molecule has 24 heavy (non-hydrogen) atoms. The standard InChI is InChI=1S/C15H16IN5O3/c1-14(2)23-11-9(5-16)22-15(6-17,12(11)24-14)10-4-3-8-13(18)19-7-20-21(8)10/h3-4,7,9,11-12H,5H2,1-2H3,(H2,18,19,20)/t9-,11-,12-,15+/m1/s1. The van der Waals surface area contributed by atoms with Crippen molar-refractivity contribution in [2.75, 3.05) is 10.2 Å². The van der Waals surface area contributed by atoms with Crippen LogP contribution in [0.2, 0.25) is 0 Å². The second-order valence-electron chi connectivity index (χ2n) is 6.34. The van der Waals surface area contributed by atoms with E-state index in [1.165, 1.54) is 6.33 Å². The molecule has 0 spiro atoms. The molecule has 2 fully saturated rings. The van der Waals surface area contributed by atoms with Crippen molar-refractivity contribution in [2.45, 2.75) is 43.5 Å². The third-order valence-corrected chi connectivity index (χ3v) is 5.28. The van der Waals surface area contributed by atoms with Crippen LogP contribution in [0, 0.1) is 11.3 Å². The first-order valence-electron chi connectivity index (χ1n) is 7.51. The zero-order chi connectivity index (χ0) is 17.1. The quantitative estimate of drug-likeness (QED) is 0.554. The first-order valence-corrected chi connectivity index (χ1v) is 9.04. The topological polar surface area (TPSA) is 108 Å². The number of halogens is 1. The summed E-state index contributed by atoms with van der Waals surface area (Å²) in [6.07, 6.45) is 0.240. The minimum atomic E-state index is -1.32. The molecule has 9 heteroatoms. The Morgan fingerprint density at radius 2 is 2.17 bits per heavy atom. The van der Waals surface area contributed by atoms with E-state index in [0.717, 1.165) is 0 Å². The molecule has 8 nitrogen and oxygen atoms in total. The van der Waals surface area contributed by atoms with Crippen LogP contribution in [-0.4, -0.2) is 43.1 Å². The van der Waals surface area contributed by atoms with Gasteiger partial charge in [-0.3, -0.25) is 0 Å². The fourth-order valence-electron chi connectivity index (χ4n) is 3.45. The number of alkyl halides is 1. The van der Waals surface area contributed by atoms with Gasteiger partial charge in [-0.1, -0.05) is 22.6 Å². The molecule has 2 aromatic heterocycles. The summed E-state index contributed by atoms with van der Waals surface area (Å²) in [5, 5.41) is 14.3. The lowest BCUT2D eigenvalue weighted by atomic mass is 9.93. The van der Waals surface area contributed by atoms with E-state index in [1.807, 2.05) is 13.8 Å². The van der Waals surface area contributed by atoms with E-state index in [2.05, 4.69) is 38.7 Å². The van der Waals surface area contributed by atoms with Crippen molar-refractivity contribution in [3.63, 3.8) is 0 Å². The molecular weight excluding hydrogens is 425 g/mol. The number of fused-ring (bicyclic) bond motifs is 2. The Balaban J connectivity index is 1.90. The molecule has 126 valence electrons. The largest absolute Gasteiger partial charge is 0.382 e. The maximum Gasteiger partial charge on any atom is 0.225 e. The lowest BCUT2D eigenvalue weighted by molar-refractivity contribution is -0.198. The second kappa shape index (κ2) is 5.26. The maximum absolute atomic E-state index is 10.0. The average Bonchev–Trinajstić information content (AvgIpc) is 3.18. The molecule has 2 aliphatic rings. The molecule has 4 rings (SSSR count). The van der Waals surface area contributed by atoms with Gasteiger partial charge in [0.2, 0.25) is 5.60 Å². The first kappa shape index (κ1) is 16.0. The Morgan fingerprint density at radius 1 is 1.38 bits per heavy atom. The van der Waals surface area contributed by atoms with Crippen molar-refractivity contribution in [3.8, 4) is 6.07 Å². The summed E-state index contributed by atoms with van der Waals surface area (Å²) in [5.41, 5.74) is 5.78. The number of hydrogen-bond acceptors (Lipinski definition) is 7. The number of anilines is 1. The van der Waals surface area contributed by atoms with E-state index in [1.54, 1.807) is 16.6 Å². The summed E-state index contributed by atoms with van der Waals surface area (Å²) in [5.74, 6) is -0.431.